The lowest BCUT2D eigenvalue weighted by atomic mass is 10.0. The first kappa shape index (κ1) is 21.9. The normalized spacial score (nSPS) is 22.0. The molecular formula is C24H31N7O2. The van der Waals surface area contributed by atoms with Gasteiger partial charge in [0.15, 0.2) is 5.78 Å². The Morgan fingerprint density at radius 1 is 1.21 bits per heavy atom. The fourth-order valence-corrected chi connectivity index (χ4v) is 5.26. The van der Waals surface area contributed by atoms with Gasteiger partial charge in [-0.3, -0.25) is 24.0 Å². The summed E-state index contributed by atoms with van der Waals surface area (Å²) in [5.41, 5.74) is 2.12. The number of anilines is 1. The van der Waals surface area contributed by atoms with Gasteiger partial charge in [-0.15, -0.1) is 0 Å². The second-order valence-corrected chi connectivity index (χ2v) is 9.17. The summed E-state index contributed by atoms with van der Waals surface area (Å²) in [5.74, 6) is 0.220. The Labute approximate surface area is 193 Å². The van der Waals surface area contributed by atoms with Crippen LogP contribution in [-0.4, -0.2) is 63.8 Å². The molecule has 1 unspecified atom stereocenters. The van der Waals surface area contributed by atoms with Crippen LogP contribution in [0.3, 0.4) is 0 Å². The van der Waals surface area contributed by atoms with Crippen LogP contribution in [0, 0.1) is 6.92 Å². The number of dihydropyridines is 1. The van der Waals surface area contributed by atoms with Crippen LogP contribution in [0.1, 0.15) is 61.0 Å². The Hall–Kier alpha value is -2.91. The van der Waals surface area contributed by atoms with Crippen molar-refractivity contribution in [2.75, 3.05) is 31.5 Å². The van der Waals surface area contributed by atoms with Gasteiger partial charge in [0.1, 0.15) is 11.8 Å². The van der Waals surface area contributed by atoms with Crippen molar-refractivity contribution < 1.29 is 4.79 Å². The van der Waals surface area contributed by atoms with Crippen LogP contribution in [0.15, 0.2) is 27.8 Å². The first-order chi connectivity index (χ1) is 16.0. The largest absolute Gasteiger partial charge is 0.323 e. The van der Waals surface area contributed by atoms with Gasteiger partial charge < -0.3 is 10.6 Å². The molecule has 0 spiro atoms. The van der Waals surface area contributed by atoms with E-state index in [1.54, 1.807) is 10.8 Å². The van der Waals surface area contributed by atoms with Gasteiger partial charge in [0, 0.05) is 56.4 Å². The van der Waals surface area contributed by atoms with Gasteiger partial charge >= 0.3 is 0 Å². The molecule has 2 N–H and O–H groups in total. The average Bonchev–Trinajstić information content (AvgIpc) is 3.34. The predicted octanol–water partition coefficient (Wildman–Crippen LogP) is 2.42. The molecular weight excluding hydrogens is 418 g/mol. The standard InChI is InChI=1S/C24H31N7O2/c1-15-19-14-27-24(28-17-7-8-20(26-13-17)30-11-9-25-10-12-30)29-22(19)31(18-5-3-4-6-18)23(33)21(15)16(2)32/h7,13-14,18,20,25H,3-6,8-12H2,1-2H3,(H,27,28,29). The van der Waals surface area contributed by atoms with Crippen molar-refractivity contribution in [3.05, 3.63) is 39.5 Å². The molecule has 5 rings (SSSR count). The number of hydrogen-bond acceptors (Lipinski definition) is 8. The Morgan fingerprint density at radius 3 is 2.64 bits per heavy atom. The molecule has 3 aliphatic rings. The van der Waals surface area contributed by atoms with E-state index in [0.29, 0.717) is 17.2 Å². The van der Waals surface area contributed by atoms with Crippen molar-refractivity contribution in [3.8, 4) is 0 Å². The molecule has 0 amide bonds. The van der Waals surface area contributed by atoms with Crippen LogP contribution in [-0.2, 0) is 0 Å². The molecule has 0 aromatic carbocycles. The highest BCUT2D eigenvalue weighted by molar-refractivity contribution is 5.99. The van der Waals surface area contributed by atoms with Crippen LogP contribution in [0.4, 0.5) is 5.95 Å². The van der Waals surface area contributed by atoms with Gasteiger partial charge in [-0.25, -0.2) is 4.98 Å². The number of Topliss-reactive ketones (excluding diaryl/α,β-unsaturated/α-hetero) is 1. The molecule has 1 saturated carbocycles. The zero-order valence-electron chi connectivity index (χ0n) is 19.3. The summed E-state index contributed by atoms with van der Waals surface area (Å²) in [5, 5.41) is 7.39. The SMILES string of the molecule is CC(=O)c1c(C)c2cnc(NC3=CCC(N4CCNCC4)N=C3)nc2n(C2CCCC2)c1=O. The molecule has 1 saturated heterocycles. The summed E-state index contributed by atoms with van der Waals surface area (Å²) >= 11 is 0. The maximum absolute atomic E-state index is 13.3. The van der Waals surface area contributed by atoms with Gasteiger partial charge in [0.25, 0.3) is 5.56 Å². The minimum Gasteiger partial charge on any atom is -0.323 e. The maximum Gasteiger partial charge on any atom is 0.263 e. The Bertz CT molecular complexity index is 1190. The molecule has 2 fully saturated rings. The molecule has 1 aliphatic carbocycles. The van der Waals surface area contributed by atoms with E-state index in [1.807, 2.05) is 13.1 Å². The Morgan fingerprint density at radius 2 is 1.97 bits per heavy atom. The highest BCUT2D eigenvalue weighted by atomic mass is 16.1. The second-order valence-electron chi connectivity index (χ2n) is 9.17. The lowest BCUT2D eigenvalue weighted by Gasteiger charge is -2.33. The number of aryl methyl sites for hydroxylation is 1. The van der Waals surface area contributed by atoms with Crippen LogP contribution in [0.2, 0.25) is 0 Å². The Balaban J connectivity index is 1.46. The number of ketones is 1. The van der Waals surface area contributed by atoms with E-state index < -0.39 is 0 Å². The number of pyridine rings is 1. The number of fused-ring (bicyclic) bond motifs is 1. The van der Waals surface area contributed by atoms with Crippen molar-refractivity contribution in [1.82, 2.24) is 24.8 Å². The predicted molar refractivity (Wildman–Crippen MR) is 129 cm³/mol. The number of nitrogens with one attached hydrogen (secondary N) is 2. The topological polar surface area (TPSA) is 105 Å². The van der Waals surface area contributed by atoms with E-state index in [0.717, 1.165) is 69.4 Å². The fraction of sp³-hybridized carbons (Fsp3) is 0.542. The van der Waals surface area contributed by atoms with E-state index >= 15 is 0 Å². The van der Waals surface area contributed by atoms with Crippen LogP contribution in [0.25, 0.3) is 11.0 Å². The Kier molecular flexibility index (Phi) is 6.07. The minimum absolute atomic E-state index is 0.0664. The van der Waals surface area contributed by atoms with E-state index in [1.165, 1.54) is 6.92 Å². The molecule has 2 aromatic rings. The van der Waals surface area contributed by atoms with Crippen molar-refractivity contribution in [3.63, 3.8) is 0 Å². The monoisotopic (exact) mass is 449 g/mol. The van der Waals surface area contributed by atoms with Crippen molar-refractivity contribution >= 4 is 29.0 Å². The van der Waals surface area contributed by atoms with E-state index in [9.17, 15) is 9.59 Å². The second kappa shape index (κ2) is 9.15. The first-order valence-electron chi connectivity index (χ1n) is 11.9. The van der Waals surface area contributed by atoms with Crippen LogP contribution >= 0.6 is 0 Å². The highest BCUT2D eigenvalue weighted by Crippen LogP contribution is 2.32. The zero-order chi connectivity index (χ0) is 22.9. The molecule has 4 heterocycles. The summed E-state index contributed by atoms with van der Waals surface area (Å²) in [4.78, 5) is 42.0. The quantitative estimate of drug-likeness (QED) is 0.676. The molecule has 174 valence electrons. The number of piperazine rings is 1. The number of aliphatic imine (C=N–C) groups is 1. The minimum atomic E-state index is -0.235. The van der Waals surface area contributed by atoms with Crippen molar-refractivity contribution in [1.29, 1.82) is 0 Å². The van der Waals surface area contributed by atoms with E-state index in [4.69, 9.17) is 9.98 Å². The number of rotatable bonds is 5. The highest BCUT2D eigenvalue weighted by Gasteiger charge is 2.26. The molecule has 2 aliphatic heterocycles. The smallest absolute Gasteiger partial charge is 0.263 e. The van der Waals surface area contributed by atoms with E-state index in [-0.39, 0.29) is 29.1 Å². The van der Waals surface area contributed by atoms with Gasteiger partial charge in [0.05, 0.1) is 11.3 Å². The number of carbonyl (C=O) groups is 1. The molecule has 0 bridgehead atoms. The number of aromatic nitrogens is 3. The molecule has 2 aromatic heterocycles. The van der Waals surface area contributed by atoms with Gasteiger partial charge in [-0.1, -0.05) is 18.9 Å². The lowest BCUT2D eigenvalue weighted by molar-refractivity contribution is 0.101. The third-order valence-electron chi connectivity index (χ3n) is 7.01. The molecule has 33 heavy (non-hydrogen) atoms. The zero-order valence-corrected chi connectivity index (χ0v) is 19.3. The average molecular weight is 450 g/mol. The summed E-state index contributed by atoms with van der Waals surface area (Å²) in [7, 11) is 0. The molecule has 9 heteroatoms. The third-order valence-corrected chi connectivity index (χ3v) is 7.01. The summed E-state index contributed by atoms with van der Waals surface area (Å²) < 4.78 is 1.74. The molecule has 1 atom stereocenters. The maximum atomic E-state index is 13.3. The van der Waals surface area contributed by atoms with Crippen LogP contribution in [0.5, 0.6) is 0 Å². The van der Waals surface area contributed by atoms with Gasteiger partial charge in [0.2, 0.25) is 5.95 Å². The van der Waals surface area contributed by atoms with E-state index in [2.05, 4.69) is 26.6 Å². The summed E-state index contributed by atoms with van der Waals surface area (Å²) in [6, 6.07) is 0.0664. The first-order valence-corrected chi connectivity index (χ1v) is 11.9. The van der Waals surface area contributed by atoms with Crippen molar-refractivity contribution in [2.24, 2.45) is 4.99 Å². The summed E-state index contributed by atoms with van der Waals surface area (Å²) in [6.45, 7) is 7.27. The molecule has 9 nitrogen and oxygen atoms in total. The fourth-order valence-electron chi connectivity index (χ4n) is 5.26. The molecule has 0 radical (unpaired) electrons. The summed E-state index contributed by atoms with van der Waals surface area (Å²) in [6.07, 6.45) is 10.7. The number of carbonyl (C=O) groups excluding carboxylic acids is 1. The van der Waals surface area contributed by atoms with Crippen LogP contribution < -0.4 is 16.2 Å². The van der Waals surface area contributed by atoms with Crippen molar-refractivity contribution in [2.45, 2.75) is 58.2 Å². The number of allylic oxidation sites excluding steroid dienone is 1. The van der Waals surface area contributed by atoms with Gasteiger partial charge in [-0.05, 0) is 32.3 Å². The third kappa shape index (κ3) is 4.22. The number of hydrogen-bond donors (Lipinski definition) is 2. The number of nitrogens with zero attached hydrogens (tertiary/aromatic N) is 5. The lowest BCUT2D eigenvalue weighted by Crippen LogP contribution is -2.48. The van der Waals surface area contributed by atoms with Gasteiger partial charge in [-0.2, -0.15) is 4.98 Å².